The zero-order valence-corrected chi connectivity index (χ0v) is 17.5. The number of benzene rings is 2. The van der Waals surface area contributed by atoms with Gasteiger partial charge < -0.3 is 9.64 Å². The predicted octanol–water partition coefficient (Wildman–Crippen LogP) is 2.55. The van der Waals surface area contributed by atoms with E-state index >= 15 is 0 Å². The molecule has 2 aliphatic rings. The molecule has 1 atom stereocenters. The Morgan fingerprint density at radius 1 is 1.00 bits per heavy atom. The SMILES string of the molecule is NS(=O)(=O)c1ccc(N2CCN(CCCC3OCCc4ccccc43)CC2)cc1. The van der Waals surface area contributed by atoms with Gasteiger partial charge in [-0.25, -0.2) is 13.6 Å². The average molecular weight is 416 g/mol. The van der Waals surface area contributed by atoms with Gasteiger partial charge in [-0.1, -0.05) is 24.3 Å². The first-order valence-electron chi connectivity index (χ1n) is 10.3. The van der Waals surface area contributed by atoms with E-state index in [4.69, 9.17) is 9.88 Å². The van der Waals surface area contributed by atoms with Gasteiger partial charge in [-0.05, 0) is 61.2 Å². The molecule has 0 aromatic heterocycles. The fraction of sp³-hybridized carbons (Fsp3) is 0.455. The Labute approximate surface area is 173 Å². The van der Waals surface area contributed by atoms with E-state index < -0.39 is 10.0 Å². The summed E-state index contributed by atoms with van der Waals surface area (Å²) in [4.78, 5) is 4.96. The molecule has 2 aromatic rings. The van der Waals surface area contributed by atoms with Crippen molar-refractivity contribution in [1.29, 1.82) is 0 Å². The van der Waals surface area contributed by atoms with Gasteiger partial charge in [0.2, 0.25) is 10.0 Å². The van der Waals surface area contributed by atoms with E-state index in [1.54, 1.807) is 12.1 Å². The van der Waals surface area contributed by atoms with E-state index in [9.17, 15) is 8.42 Å². The summed E-state index contributed by atoms with van der Waals surface area (Å²) in [5.74, 6) is 0. The molecule has 0 saturated carbocycles. The van der Waals surface area contributed by atoms with E-state index in [1.165, 1.54) is 11.1 Å². The molecule has 0 aliphatic carbocycles. The molecule has 2 heterocycles. The number of rotatable bonds is 6. The largest absolute Gasteiger partial charge is 0.373 e. The molecule has 2 N–H and O–H groups in total. The summed E-state index contributed by atoms with van der Waals surface area (Å²) in [7, 11) is -3.63. The minimum atomic E-state index is -3.63. The van der Waals surface area contributed by atoms with Crippen LogP contribution in [0.4, 0.5) is 5.69 Å². The minimum Gasteiger partial charge on any atom is -0.373 e. The van der Waals surface area contributed by atoms with Crippen molar-refractivity contribution in [3.8, 4) is 0 Å². The van der Waals surface area contributed by atoms with Gasteiger partial charge in [-0.15, -0.1) is 0 Å². The molecule has 0 amide bonds. The maximum Gasteiger partial charge on any atom is 0.238 e. The van der Waals surface area contributed by atoms with Crippen LogP contribution >= 0.6 is 0 Å². The molecule has 1 unspecified atom stereocenters. The van der Waals surface area contributed by atoms with Crippen LogP contribution in [-0.2, 0) is 21.2 Å². The van der Waals surface area contributed by atoms with E-state index in [0.717, 1.165) is 64.3 Å². The quantitative estimate of drug-likeness (QED) is 0.785. The first-order chi connectivity index (χ1) is 14.0. The predicted molar refractivity (Wildman–Crippen MR) is 115 cm³/mol. The molecule has 0 bridgehead atoms. The third kappa shape index (κ3) is 4.98. The van der Waals surface area contributed by atoms with Crippen LogP contribution < -0.4 is 10.0 Å². The summed E-state index contributed by atoms with van der Waals surface area (Å²) in [5.41, 5.74) is 3.85. The Morgan fingerprint density at radius 3 is 2.45 bits per heavy atom. The first-order valence-corrected chi connectivity index (χ1v) is 11.8. The van der Waals surface area contributed by atoms with Crippen LogP contribution in [-0.4, -0.2) is 52.6 Å². The van der Waals surface area contributed by atoms with Crippen molar-refractivity contribution in [2.45, 2.75) is 30.3 Å². The van der Waals surface area contributed by atoms with Gasteiger partial charge in [0.1, 0.15) is 0 Å². The summed E-state index contributed by atoms with van der Waals surface area (Å²) < 4.78 is 28.8. The van der Waals surface area contributed by atoms with E-state index in [0.29, 0.717) is 0 Å². The Kier molecular flexibility index (Phi) is 6.20. The third-order valence-corrected chi connectivity index (χ3v) is 6.86. The van der Waals surface area contributed by atoms with Gasteiger partial charge in [0.25, 0.3) is 0 Å². The number of hydrogen-bond acceptors (Lipinski definition) is 5. The molecule has 1 saturated heterocycles. The fourth-order valence-corrected chi connectivity index (χ4v) is 4.81. The van der Waals surface area contributed by atoms with Crippen LogP contribution in [0.25, 0.3) is 0 Å². The van der Waals surface area contributed by atoms with Crippen molar-refractivity contribution in [3.05, 3.63) is 59.7 Å². The lowest BCUT2D eigenvalue weighted by molar-refractivity contribution is 0.0332. The number of primary sulfonamides is 1. The lowest BCUT2D eigenvalue weighted by Crippen LogP contribution is -2.46. The monoisotopic (exact) mass is 415 g/mol. The van der Waals surface area contributed by atoms with Gasteiger partial charge in [0.15, 0.2) is 0 Å². The van der Waals surface area contributed by atoms with Crippen molar-refractivity contribution in [3.63, 3.8) is 0 Å². The summed E-state index contributed by atoms with van der Waals surface area (Å²) in [5, 5.41) is 5.17. The molecular weight excluding hydrogens is 386 g/mol. The molecule has 2 aliphatic heterocycles. The smallest absolute Gasteiger partial charge is 0.238 e. The number of sulfonamides is 1. The van der Waals surface area contributed by atoms with Crippen LogP contribution in [0.1, 0.15) is 30.1 Å². The van der Waals surface area contributed by atoms with Gasteiger partial charge in [-0.2, -0.15) is 0 Å². The molecule has 6 nitrogen and oxygen atoms in total. The standard InChI is InChI=1S/C22H29N3O3S/c23-29(26,27)20-9-7-19(8-10-20)25-15-13-24(14-16-25)12-3-6-22-21-5-2-1-4-18(21)11-17-28-22/h1-2,4-5,7-10,22H,3,6,11-17H2,(H2,23,26,27). The Hall–Kier alpha value is -1.93. The number of ether oxygens (including phenoxy) is 1. The van der Waals surface area contributed by atoms with Gasteiger partial charge in [-0.3, -0.25) is 4.90 Å². The van der Waals surface area contributed by atoms with Gasteiger partial charge in [0.05, 0.1) is 17.6 Å². The summed E-state index contributed by atoms with van der Waals surface area (Å²) in [6, 6.07) is 15.5. The highest BCUT2D eigenvalue weighted by atomic mass is 32.2. The molecule has 7 heteroatoms. The van der Waals surface area contributed by atoms with Gasteiger partial charge in [0, 0.05) is 31.9 Å². The van der Waals surface area contributed by atoms with Crippen molar-refractivity contribution < 1.29 is 13.2 Å². The molecule has 2 aromatic carbocycles. The number of fused-ring (bicyclic) bond motifs is 1. The maximum absolute atomic E-state index is 11.4. The Morgan fingerprint density at radius 2 is 1.72 bits per heavy atom. The van der Waals surface area contributed by atoms with E-state index in [2.05, 4.69) is 34.1 Å². The highest BCUT2D eigenvalue weighted by molar-refractivity contribution is 7.89. The second-order valence-electron chi connectivity index (χ2n) is 7.82. The third-order valence-electron chi connectivity index (χ3n) is 5.94. The summed E-state index contributed by atoms with van der Waals surface area (Å²) in [6.07, 6.45) is 3.44. The number of nitrogens with zero attached hydrogens (tertiary/aromatic N) is 2. The minimum absolute atomic E-state index is 0.159. The summed E-state index contributed by atoms with van der Waals surface area (Å²) in [6.45, 7) is 5.82. The zero-order valence-electron chi connectivity index (χ0n) is 16.7. The first kappa shape index (κ1) is 20.3. The number of piperazine rings is 1. The van der Waals surface area contributed by atoms with Crippen molar-refractivity contribution in [1.82, 2.24) is 4.90 Å². The molecule has 29 heavy (non-hydrogen) atoms. The summed E-state index contributed by atoms with van der Waals surface area (Å²) >= 11 is 0. The number of hydrogen-bond donors (Lipinski definition) is 1. The molecule has 156 valence electrons. The molecule has 0 radical (unpaired) electrons. The van der Waals surface area contributed by atoms with Crippen LogP contribution in [0.15, 0.2) is 53.4 Å². The van der Waals surface area contributed by atoms with Crippen molar-refractivity contribution in [2.75, 3.05) is 44.2 Å². The lowest BCUT2D eigenvalue weighted by Gasteiger charge is -2.36. The van der Waals surface area contributed by atoms with Gasteiger partial charge >= 0.3 is 0 Å². The second kappa shape index (κ2) is 8.83. The molecular formula is C22H29N3O3S. The van der Waals surface area contributed by atoms with Crippen LogP contribution in [0, 0.1) is 0 Å². The molecule has 4 rings (SSSR count). The van der Waals surface area contributed by atoms with Crippen LogP contribution in [0.2, 0.25) is 0 Å². The Bertz CT molecular complexity index is 923. The van der Waals surface area contributed by atoms with Crippen molar-refractivity contribution >= 4 is 15.7 Å². The number of nitrogens with two attached hydrogens (primary N) is 1. The topological polar surface area (TPSA) is 75.9 Å². The highest BCUT2D eigenvalue weighted by Gasteiger charge is 2.21. The van der Waals surface area contributed by atoms with E-state index in [-0.39, 0.29) is 11.0 Å². The van der Waals surface area contributed by atoms with Crippen molar-refractivity contribution in [2.24, 2.45) is 5.14 Å². The zero-order chi connectivity index (χ0) is 20.3. The average Bonchev–Trinajstić information content (AvgIpc) is 2.74. The number of anilines is 1. The highest BCUT2D eigenvalue weighted by Crippen LogP contribution is 2.30. The fourth-order valence-electron chi connectivity index (χ4n) is 4.29. The lowest BCUT2D eigenvalue weighted by atomic mass is 9.95. The molecule has 1 fully saturated rings. The normalized spacial score (nSPS) is 20.4. The Balaban J connectivity index is 1.24. The second-order valence-corrected chi connectivity index (χ2v) is 9.38. The van der Waals surface area contributed by atoms with E-state index in [1.807, 2.05) is 12.1 Å². The maximum atomic E-state index is 11.4. The van der Waals surface area contributed by atoms with Crippen LogP contribution in [0.5, 0.6) is 0 Å². The molecule has 0 spiro atoms. The van der Waals surface area contributed by atoms with Crippen LogP contribution in [0.3, 0.4) is 0 Å².